The average molecular weight is 894 g/mol. The number of amides is 2. The Hall–Kier alpha value is -1.88. The Morgan fingerprint density at radius 2 is 0.984 bits per heavy atom. The normalized spacial score (nSPS) is 11.9. The van der Waals surface area contributed by atoms with Crippen LogP contribution in [-0.2, 0) is 28.7 Å². The van der Waals surface area contributed by atoms with E-state index in [9.17, 15) is 28.8 Å². The molecule has 0 rings (SSSR count). The van der Waals surface area contributed by atoms with E-state index in [0.717, 1.165) is 71.1 Å². The zero-order valence-corrected chi connectivity index (χ0v) is 44.9. The van der Waals surface area contributed by atoms with Gasteiger partial charge in [0.15, 0.2) is 0 Å². The van der Waals surface area contributed by atoms with Crippen LogP contribution < -0.4 is 51.2 Å². The van der Waals surface area contributed by atoms with Crippen molar-refractivity contribution in [1.82, 2.24) is 25.8 Å². The zero-order valence-electron chi connectivity index (χ0n) is 42.9. The van der Waals surface area contributed by atoms with Crippen molar-refractivity contribution in [3.63, 3.8) is 0 Å². The third kappa shape index (κ3) is 52.5. The van der Waals surface area contributed by atoms with Crippen molar-refractivity contribution in [2.75, 3.05) is 72.0 Å². The van der Waals surface area contributed by atoms with Gasteiger partial charge in [-0.15, -0.1) is 0 Å². The van der Waals surface area contributed by atoms with Crippen molar-refractivity contribution >= 4 is 42.2 Å². The van der Waals surface area contributed by atoms with E-state index in [1.54, 1.807) is 0 Å². The first-order chi connectivity index (χ1) is 28.4. The molecule has 62 heavy (non-hydrogen) atoms. The molecule has 5 N–H and O–H groups in total. The number of unbranched alkanes of at least 4 members (excludes halogenated alkanes) is 2. The van der Waals surface area contributed by atoms with Gasteiger partial charge in [0.25, 0.3) is 0 Å². The maximum atomic E-state index is 11.5. The van der Waals surface area contributed by atoms with Crippen LogP contribution in [-0.4, -0.2) is 135 Å². The SMILES string of the molecule is CC(=O)[B-](C(C)=O)C(C)=O.CC(C=O)CCCCNC(=O)OC(C)(C)C.CCCN(CCC)CCN.CCCN(CCC)CCNCC(C)CCCCNC(=O)OC(C)(C)C.[Na+]. The molecule has 1 radical (unpaired) electrons. The van der Waals surface area contributed by atoms with Gasteiger partial charge in [-0.25, -0.2) is 9.59 Å². The van der Waals surface area contributed by atoms with Crippen LogP contribution in [0.3, 0.4) is 0 Å². The van der Waals surface area contributed by atoms with Gasteiger partial charge in [0.1, 0.15) is 24.2 Å². The first-order valence-electron chi connectivity index (χ1n) is 23.2. The predicted octanol–water partition coefficient (Wildman–Crippen LogP) is 4.48. The minimum atomic E-state index is -1.03. The van der Waals surface area contributed by atoms with Gasteiger partial charge in [0.2, 0.25) is 0 Å². The molecule has 0 spiro atoms. The van der Waals surface area contributed by atoms with Gasteiger partial charge in [-0.05, 0) is 152 Å². The van der Waals surface area contributed by atoms with E-state index < -0.39 is 17.9 Å². The molecule has 0 aromatic rings. The van der Waals surface area contributed by atoms with Crippen molar-refractivity contribution in [2.45, 2.75) is 179 Å². The van der Waals surface area contributed by atoms with E-state index in [1.807, 2.05) is 48.5 Å². The standard InChI is InChI=1S/C20H43N3O2.C12H23NO3.C8H20N2.C6H9BO3.Na/c1-7-14-23(15-8-2)16-13-21-17-18(3)11-9-10-12-22-19(24)25-20(4,5)6;1-10(9-14)7-5-6-8-13-11(15)16-12(2,3)4;1-3-6-10(7-4-2)8-5-9;1-4(8)7(5(2)9)6(3)10;/h18,21H,7-17H2,1-6H3,(H,22,24);9-10H,5-8H2,1-4H3,(H,13,15);3-9H2,1-2H3;1-3H3;/q;;;-1;+1. The van der Waals surface area contributed by atoms with Gasteiger partial charge in [-0.1, -0.05) is 71.4 Å². The van der Waals surface area contributed by atoms with E-state index in [0.29, 0.717) is 19.0 Å². The smallest absolute Gasteiger partial charge is 0.444 e. The van der Waals surface area contributed by atoms with E-state index in [4.69, 9.17) is 15.2 Å². The van der Waals surface area contributed by atoms with E-state index in [2.05, 4.69) is 60.4 Å². The summed E-state index contributed by atoms with van der Waals surface area (Å²) >= 11 is 0. The summed E-state index contributed by atoms with van der Waals surface area (Å²) in [6.07, 6.45) is 11.2. The first kappa shape index (κ1) is 69.2. The summed E-state index contributed by atoms with van der Waals surface area (Å²) in [4.78, 5) is 69.8. The molecule has 2 atom stereocenters. The molecule has 14 nitrogen and oxygen atoms in total. The number of carbonyl (C=O) groups is 6. The Labute approximate surface area is 402 Å². The molecular formula is C46H95BN6NaO8. The van der Waals surface area contributed by atoms with E-state index >= 15 is 0 Å². The molecule has 0 aliphatic heterocycles. The Morgan fingerprint density at radius 1 is 0.613 bits per heavy atom. The maximum Gasteiger partial charge on any atom is 1.00 e. The molecule has 0 bridgehead atoms. The van der Waals surface area contributed by atoms with Crippen LogP contribution in [0.2, 0.25) is 0 Å². The number of alkyl carbamates (subject to hydrolysis) is 2. The summed E-state index contributed by atoms with van der Waals surface area (Å²) < 4.78 is 10.3. The van der Waals surface area contributed by atoms with E-state index in [-0.39, 0.29) is 64.7 Å². The summed E-state index contributed by atoms with van der Waals surface area (Å²) in [5.74, 6) is 0.786. The van der Waals surface area contributed by atoms with Crippen LogP contribution in [0.4, 0.5) is 9.59 Å². The second-order valence-electron chi connectivity index (χ2n) is 18.0. The largest absolute Gasteiger partial charge is 1.00 e. The molecule has 2 unspecified atom stereocenters. The fourth-order valence-electron chi connectivity index (χ4n) is 5.95. The number of nitrogens with zero attached hydrogens (tertiary/aromatic N) is 2. The van der Waals surface area contributed by atoms with Gasteiger partial charge in [-0.3, -0.25) is 0 Å². The number of hydrogen-bond donors (Lipinski definition) is 4. The molecule has 0 aliphatic rings. The van der Waals surface area contributed by atoms with Crippen LogP contribution in [0.15, 0.2) is 0 Å². The molecule has 16 heteroatoms. The van der Waals surface area contributed by atoms with Crippen molar-refractivity contribution in [2.24, 2.45) is 17.6 Å². The van der Waals surface area contributed by atoms with E-state index in [1.165, 1.54) is 79.1 Å². The molecular weight excluding hydrogens is 798 g/mol. The van der Waals surface area contributed by atoms with Crippen LogP contribution in [0.1, 0.15) is 168 Å². The molecule has 0 heterocycles. The second-order valence-corrected chi connectivity index (χ2v) is 18.0. The monoisotopic (exact) mass is 894 g/mol. The van der Waals surface area contributed by atoms with Crippen LogP contribution in [0, 0.1) is 11.8 Å². The Balaban J connectivity index is -0.000000251. The van der Waals surface area contributed by atoms with Crippen molar-refractivity contribution in [1.29, 1.82) is 0 Å². The molecule has 0 saturated heterocycles. The minimum absolute atomic E-state index is 0. The van der Waals surface area contributed by atoms with Crippen molar-refractivity contribution < 1.29 is 67.8 Å². The molecule has 0 fully saturated rings. The van der Waals surface area contributed by atoms with Crippen LogP contribution >= 0.6 is 0 Å². The number of aldehydes is 1. The quantitative estimate of drug-likeness (QED) is 0.0469. The average Bonchev–Trinajstić information content (AvgIpc) is 3.12. The summed E-state index contributed by atoms with van der Waals surface area (Å²) in [5.41, 5.74) is 3.45. The van der Waals surface area contributed by atoms with Gasteiger partial charge >= 0.3 is 41.7 Å². The van der Waals surface area contributed by atoms with Crippen molar-refractivity contribution in [3.05, 3.63) is 0 Å². The Morgan fingerprint density at radius 3 is 1.29 bits per heavy atom. The summed E-state index contributed by atoms with van der Waals surface area (Å²) in [6.45, 7) is 38.2. The minimum Gasteiger partial charge on any atom is -0.444 e. The number of rotatable bonds is 29. The van der Waals surface area contributed by atoms with Gasteiger partial charge in [0, 0.05) is 45.2 Å². The zero-order chi connectivity index (χ0) is 47.9. The van der Waals surface area contributed by atoms with Crippen LogP contribution in [0.25, 0.3) is 0 Å². The summed E-state index contributed by atoms with van der Waals surface area (Å²) in [7, 11) is 0. The van der Waals surface area contributed by atoms with Crippen LogP contribution in [0.5, 0.6) is 0 Å². The number of ether oxygens (including phenoxy) is 2. The molecule has 0 aromatic carbocycles. The number of nitrogens with two attached hydrogens (primary N) is 1. The molecule has 0 aliphatic carbocycles. The van der Waals surface area contributed by atoms with Crippen molar-refractivity contribution in [3.8, 4) is 0 Å². The number of hydrogen-bond acceptors (Lipinski definition) is 12. The molecule has 0 saturated carbocycles. The fourth-order valence-corrected chi connectivity index (χ4v) is 5.95. The Bertz CT molecular complexity index is 1090. The molecule has 2 amide bonds. The summed E-state index contributed by atoms with van der Waals surface area (Å²) in [6, 6.07) is 0. The second kappa shape index (κ2) is 44.3. The number of carbonyl (C=O) groups excluding carboxylic acids is 6. The maximum absolute atomic E-state index is 11.5. The topological polar surface area (TPSA) is 189 Å². The number of nitrogens with one attached hydrogen (secondary N) is 3. The molecule has 361 valence electrons. The van der Waals surface area contributed by atoms with Gasteiger partial charge < -0.3 is 60.1 Å². The predicted molar refractivity (Wildman–Crippen MR) is 254 cm³/mol. The molecule has 0 aromatic heterocycles. The fraction of sp³-hybridized carbons (Fsp3) is 0.870. The third-order valence-corrected chi connectivity index (χ3v) is 8.70. The summed E-state index contributed by atoms with van der Waals surface area (Å²) in [5, 5.41) is 9.09. The first-order valence-corrected chi connectivity index (χ1v) is 23.2. The van der Waals surface area contributed by atoms with Gasteiger partial charge in [0.05, 0.1) is 0 Å². The Kier molecular flexibility index (Phi) is 49.5. The third-order valence-electron chi connectivity index (χ3n) is 8.70. The van der Waals surface area contributed by atoms with Gasteiger partial charge in [-0.2, -0.15) is 0 Å².